The van der Waals surface area contributed by atoms with Crippen LogP contribution in [0.3, 0.4) is 0 Å². The molecule has 6 heteroatoms. The van der Waals surface area contributed by atoms with E-state index >= 15 is 0 Å². The number of nitrogens with one attached hydrogen (secondary N) is 1. The minimum absolute atomic E-state index is 0.140. The Morgan fingerprint density at radius 1 is 1.36 bits per heavy atom. The Bertz CT molecular complexity index is 624. The average Bonchev–Trinajstić information content (AvgIpc) is 3.29. The van der Waals surface area contributed by atoms with E-state index in [1.807, 2.05) is 6.92 Å². The van der Waals surface area contributed by atoms with E-state index in [4.69, 9.17) is 0 Å². The van der Waals surface area contributed by atoms with Crippen molar-refractivity contribution < 1.29 is 23.1 Å². The summed E-state index contributed by atoms with van der Waals surface area (Å²) in [4.78, 5) is 23.8. The third-order valence-electron chi connectivity index (χ3n) is 3.58. The molecule has 118 valence electrons. The van der Waals surface area contributed by atoms with Crippen molar-refractivity contribution >= 4 is 11.9 Å². The van der Waals surface area contributed by atoms with E-state index in [0.717, 1.165) is 37.7 Å². The van der Waals surface area contributed by atoms with Crippen LogP contribution >= 0.6 is 0 Å². The van der Waals surface area contributed by atoms with Crippen LogP contribution < -0.4 is 5.32 Å². The highest BCUT2D eigenvalue weighted by Gasteiger charge is 2.27. The summed E-state index contributed by atoms with van der Waals surface area (Å²) in [6, 6.07) is 1.47. The van der Waals surface area contributed by atoms with E-state index in [1.54, 1.807) is 0 Å². The van der Waals surface area contributed by atoms with Gasteiger partial charge in [-0.25, -0.2) is 13.6 Å². The SMILES string of the molecule is COC(=O)C(NC(=O)/C=C(/C)C1CC1)c1ccc(F)cc1F. The molecule has 0 heterocycles. The summed E-state index contributed by atoms with van der Waals surface area (Å²) in [5, 5.41) is 2.41. The molecular formula is C16H17F2NO3. The van der Waals surface area contributed by atoms with Crippen molar-refractivity contribution in [1.29, 1.82) is 0 Å². The first-order chi connectivity index (χ1) is 10.4. The van der Waals surface area contributed by atoms with E-state index in [0.29, 0.717) is 12.0 Å². The van der Waals surface area contributed by atoms with Gasteiger partial charge >= 0.3 is 5.97 Å². The van der Waals surface area contributed by atoms with Gasteiger partial charge in [-0.15, -0.1) is 0 Å². The molecule has 1 aromatic rings. The zero-order valence-electron chi connectivity index (χ0n) is 12.4. The molecule has 1 aliphatic carbocycles. The second kappa shape index (κ2) is 6.68. The third-order valence-corrected chi connectivity index (χ3v) is 3.58. The van der Waals surface area contributed by atoms with Gasteiger partial charge in [-0.1, -0.05) is 11.6 Å². The lowest BCUT2D eigenvalue weighted by Gasteiger charge is -2.17. The van der Waals surface area contributed by atoms with Crippen LogP contribution in [0.5, 0.6) is 0 Å². The first-order valence-corrected chi connectivity index (χ1v) is 6.94. The van der Waals surface area contributed by atoms with Crippen LogP contribution in [0.15, 0.2) is 29.8 Å². The summed E-state index contributed by atoms with van der Waals surface area (Å²) in [5.74, 6) is -2.61. The molecule has 0 bridgehead atoms. The van der Waals surface area contributed by atoms with Gasteiger partial charge in [-0.3, -0.25) is 4.79 Å². The monoisotopic (exact) mass is 309 g/mol. The van der Waals surface area contributed by atoms with Crippen LogP contribution in [0, 0.1) is 17.6 Å². The van der Waals surface area contributed by atoms with Gasteiger partial charge in [0.1, 0.15) is 11.6 Å². The predicted octanol–water partition coefficient (Wildman–Crippen LogP) is 2.65. The number of amides is 1. The zero-order chi connectivity index (χ0) is 16.3. The Morgan fingerprint density at radius 3 is 2.59 bits per heavy atom. The molecule has 1 aromatic carbocycles. The molecule has 22 heavy (non-hydrogen) atoms. The van der Waals surface area contributed by atoms with E-state index in [9.17, 15) is 18.4 Å². The van der Waals surface area contributed by atoms with Crippen molar-refractivity contribution in [2.75, 3.05) is 7.11 Å². The fourth-order valence-corrected chi connectivity index (χ4v) is 2.16. The van der Waals surface area contributed by atoms with Crippen molar-refractivity contribution in [2.24, 2.45) is 5.92 Å². The highest BCUT2D eigenvalue weighted by Crippen LogP contribution is 2.35. The second-order valence-corrected chi connectivity index (χ2v) is 5.29. The third kappa shape index (κ3) is 3.90. The zero-order valence-corrected chi connectivity index (χ0v) is 12.4. The van der Waals surface area contributed by atoms with Gasteiger partial charge in [0.05, 0.1) is 7.11 Å². The topological polar surface area (TPSA) is 55.4 Å². The Hall–Kier alpha value is -2.24. The number of halogens is 2. The van der Waals surface area contributed by atoms with Crippen molar-refractivity contribution in [1.82, 2.24) is 5.32 Å². The molecule has 1 fully saturated rings. The maximum absolute atomic E-state index is 13.8. The highest BCUT2D eigenvalue weighted by molar-refractivity contribution is 5.92. The van der Waals surface area contributed by atoms with Gasteiger partial charge in [-0.2, -0.15) is 0 Å². The maximum Gasteiger partial charge on any atom is 0.333 e. The fourth-order valence-electron chi connectivity index (χ4n) is 2.16. The fraction of sp³-hybridized carbons (Fsp3) is 0.375. The Balaban J connectivity index is 2.21. The van der Waals surface area contributed by atoms with Crippen LogP contribution in [-0.2, 0) is 14.3 Å². The standard InChI is InChI=1S/C16H17F2NO3/c1-9(10-3-4-10)7-14(20)19-15(16(21)22-2)12-6-5-11(17)8-13(12)18/h5-8,10,15H,3-4H2,1-2H3,(H,19,20)/b9-7-. The molecule has 1 atom stereocenters. The van der Waals surface area contributed by atoms with Crippen LogP contribution in [0.25, 0.3) is 0 Å². The van der Waals surface area contributed by atoms with Crippen LogP contribution in [-0.4, -0.2) is 19.0 Å². The highest BCUT2D eigenvalue weighted by atomic mass is 19.1. The number of hydrogen-bond donors (Lipinski definition) is 1. The number of ether oxygens (including phenoxy) is 1. The molecule has 0 aliphatic heterocycles. The lowest BCUT2D eigenvalue weighted by atomic mass is 10.1. The van der Waals surface area contributed by atoms with Gasteiger partial charge < -0.3 is 10.1 Å². The van der Waals surface area contributed by atoms with E-state index in [-0.39, 0.29) is 5.56 Å². The Kier molecular flexibility index (Phi) is 4.90. The Labute approximate surface area is 127 Å². The van der Waals surface area contributed by atoms with Crippen LogP contribution in [0.4, 0.5) is 8.78 Å². The molecule has 1 amide bonds. The minimum atomic E-state index is -1.32. The molecule has 1 aliphatic rings. The van der Waals surface area contributed by atoms with Crippen molar-refractivity contribution in [3.8, 4) is 0 Å². The lowest BCUT2D eigenvalue weighted by molar-refractivity contribution is -0.144. The van der Waals surface area contributed by atoms with E-state index in [1.165, 1.54) is 6.08 Å². The first-order valence-electron chi connectivity index (χ1n) is 6.94. The normalized spacial score (nSPS) is 16.1. The lowest BCUT2D eigenvalue weighted by Crippen LogP contribution is -2.34. The number of methoxy groups -OCH3 is 1. The quantitative estimate of drug-likeness (QED) is 0.672. The van der Waals surface area contributed by atoms with Gasteiger partial charge in [0, 0.05) is 17.7 Å². The van der Waals surface area contributed by atoms with Gasteiger partial charge in [0.15, 0.2) is 6.04 Å². The second-order valence-electron chi connectivity index (χ2n) is 5.29. The van der Waals surface area contributed by atoms with Gasteiger partial charge in [-0.05, 0) is 31.7 Å². The molecule has 0 spiro atoms. The number of benzene rings is 1. The summed E-state index contributed by atoms with van der Waals surface area (Å²) < 4.78 is 31.4. The Morgan fingerprint density at radius 2 is 2.05 bits per heavy atom. The average molecular weight is 309 g/mol. The number of esters is 1. The minimum Gasteiger partial charge on any atom is -0.467 e. The van der Waals surface area contributed by atoms with Crippen LogP contribution in [0.2, 0.25) is 0 Å². The van der Waals surface area contributed by atoms with Gasteiger partial charge in [0.2, 0.25) is 5.91 Å². The van der Waals surface area contributed by atoms with Crippen molar-refractivity contribution in [2.45, 2.75) is 25.8 Å². The van der Waals surface area contributed by atoms with E-state index in [2.05, 4.69) is 10.1 Å². The molecule has 0 saturated heterocycles. The molecule has 0 aromatic heterocycles. The van der Waals surface area contributed by atoms with Crippen LogP contribution in [0.1, 0.15) is 31.4 Å². The summed E-state index contributed by atoms with van der Waals surface area (Å²) in [7, 11) is 1.13. The maximum atomic E-state index is 13.8. The molecule has 4 nitrogen and oxygen atoms in total. The van der Waals surface area contributed by atoms with Crippen molar-refractivity contribution in [3.05, 3.63) is 47.0 Å². The molecule has 1 saturated carbocycles. The number of rotatable bonds is 5. The van der Waals surface area contributed by atoms with Gasteiger partial charge in [0.25, 0.3) is 0 Å². The number of carbonyl (C=O) groups excluding carboxylic acids is 2. The predicted molar refractivity (Wildman–Crippen MR) is 75.7 cm³/mol. The number of allylic oxidation sites excluding steroid dienone is 1. The summed E-state index contributed by atoms with van der Waals surface area (Å²) in [6.45, 7) is 1.84. The molecular weight excluding hydrogens is 292 g/mol. The number of carbonyl (C=O) groups is 2. The molecule has 2 rings (SSSR count). The number of hydrogen-bond acceptors (Lipinski definition) is 3. The summed E-state index contributed by atoms with van der Waals surface area (Å²) in [6.07, 6.45) is 3.49. The molecule has 1 unspecified atom stereocenters. The van der Waals surface area contributed by atoms with Crippen molar-refractivity contribution in [3.63, 3.8) is 0 Å². The summed E-state index contributed by atoms with van der Waals surface area (Å²) in [5.41, 5.74) is 0.778. The first kappa shape index (κ1) is 16.1. The summed E-state index contributed by atoms with van der Waals surface area (Å²) >= 11 is 0. The molecule has 0 radical (unpaired) electrons. The smallest absolute Gasteiger partial charge is 0.333 e. The molecule has 1 N–H and O–H groups in total. The largest absolute Gasteiger partial charge is 0.467 e. The van der Waals surface area contributed by atoms with E-state index < -0.39 is 29.6 Å².